The van der Waals surface area contributed by atoms with Crippen molar-refractivity contribution in [3.05, 3.63) is 0 Å². The number of rotatable bonds is 8. The second-order valence-corrected chi connectivity index (χ2v) is 6.19. The standard InChI is InChI=1S/C17H33N3/c1-3-12-19-17(4-2,16-18)11-10-15-20-13-8-6-5-7-9-14-20/h19H,3-15H2,1-2H3. The Balaban J connectivity index is 2.33. The average Bonchev–Trinajstić information content (AvgIpc) is 2.45. The summed E-state index contributed by atoms with van der Waals surface area (Å²) in [5, 5.41) is 13.0. The van der Waals surface area contributed by atoms with Crippen molar-refractivity contribution in [2.24, 2.45) is 0 Å². The van der Waals surface area contributed by atoms with E-state index in [2.05, 4.69) is 30.1 Å². The topological polar surface area (TPSA) is 39.1 Å². The Morgan fingerprint density at radius 3 is 2.30 bits per heavy atom. The first-order valence-corrected chi connectivity index (χ1v) is 8.65. The number of likely N-dealkylation sites (tertiary alicyclic amines) is 1. The summed E-state index contributed by atoms with van der Waals surface area (Å²) in [6.07, 6.45) is 11.0. The van der Waals surface area contributed by atoms with Crippen molar-refractivity contribution in [1.29, 1.82) is 5.26 Å². The van der Waals surface area contributed by atoms with Gasteiger partial charge in [0.05, 0.1) is 6.07 Å². The Kier molecular flexibility index (Phi) is 8.89. The van der Waals surface area contributed by atoms with Crippen LogP contribution in [-0.2, 0) is 0 Å². The number of hydrogen-bond acceptors (Lipinski definition) is 3. The Hall–Kier alpha value is -0.590. The Morgan fingerprint density at radius 1 is 1.10 bits per heavy atom. The van der Waals surface area contributed by atoms with E-state index in [0.717, 1.165) is 38.8 Å². The summed E-state index contributed by atoms with van der Waals surface area (Å²) in [5.41, 5.74) is -0.293. The molecule has 1 heterocycles. The summed E-state index contributed by atoms with van der Waals surface area (Å²) in [4.78, 5) is 2.61. The van der Waals surface area contributed by atoms with Gasteiger partial charge in [0.1, 0.15) is 5.54 Å². The number of nitrogens with zero attached hydrogens (tertiary/aromatic N) is 2. The first-order valence-electron chi connectivity index (χ1n) is 8.65. The van der Waals surface area contributed by atoms with E-state index in [4.69, 9.17) is 0 Å². The maximum Gasteiger partial charge on any atom is 0.106 e. The minimum Gasteiger partial charge on any atom is -0.303 e. The van der Waals surface area contributed by atoms with E-state index in [1.807, 2.05) is 0 Å². The Bertz CT molecular complexity index is 276. The third kappa shape index (κ3) is 6.24. The molecular formula is C17H33N3. The van der Waals surface area contributed by atoms with Crippen LogP contribution in [0, 0.1) is 11.3 Å². The SMILES string of the molecule is CCCNC(C#N)(CC)CCCN1CCCCCCC1. The molecule has 1 N–H and O–H groups in total. The fourth-order valence-corrected chi connectivity index (χ4v) is 3.07. The highest BCUT2D eigenvalue weighted by molar-refractivity contribution is 5.06. The summed E-state index contributed by atoms with van der Waals surface area (Å²) >= 11 is 0. The van der Waals surface area contributed by atoms with Crippen LogP contribution in [0.4, 0.5) is 0 Å². The lowest BCUT2D eigenvalue weighted by Crippen LogP contribution is -2.44. The van der Waals surface area contributed by atoms with E-state index >= 15 is 0 Å². The fourth-order valence-electron chi connectivity index (χ4n) is 3.07. The Morgan fingerprint density at radius 2 is 1.75 bits per heavy atom. The molecule has 116 valence electrons. The zero-order valence-electron chi connectivity index (χ0n) is 13.6. The first-order chi connectivity index (χ1) is 9.76. The molecule has 1 atom stereocenters. The van der Waals surface area contributed by atoms with Crippen LogP contribution in [0.1, 0.15) is 71.6 Å². The van der Waals surface area contributed by atoms with Crippen LogP contribution >= 0.6 is 0 Å². The molecule has 0 aliphatic carbocycles. The van der Waals surface area contributed by atoms with E-state index in [1.54, 1.807) is 0 Å². The highest BCUT2D eigenvalue weighted by Gasteiger charge is 2.26. The maximum absolute atomic E-state index is 9.50. The molecule has 3 heteroatoms. The minimum absolute atomic E-state index is 0.293. The molecular weight excluding hydrogens is 246 g/mol. The molecule has 3 nitrogen and oxygen atoms in total. The van der Waals surface area contributed by atoms with Crippen molar-refractivity contribution in [1.82, 2.24) is 10.2 Å². The van der Waals surface area contributed by atoms with Crippen molar-refractivity contribution in [3.63, 3.8) is 0 Å². The van der Waals surface area contributed by atoms with Gasteiger partial charge in [-0.05, 0) is 64.7 Å². The van der Waals surface area contributed by atoms with E-state index in [1.165, 1.54) is 45.2 Å². The van der Waals surface area contributed by atoms with Gasteiger partial charge in [0.2, 0.25) is 0 Å². The van der Waals surface area contributed by atoms with Crippen LogP contribution in [0.2, 0.25) is 0 Å². The van der Waals surface area contributed by atoms with Crippen molar-refractivity contribution in [2.45, 2.75) is 77.2 Å². The van der Waals surface area contributed by atoms with E-state index in [-0.39, 0.29) is 5.54 Å². The quantitative estimate of drug-likeness (QED) is 0.736. The summed E-state index contributed by atoms with van der Waals surface area (Å²) in [5.74, 6) is 0. The van der Waals surface area contributed by atoms with Crippen LogP contribution in [-0.4, -0.2) is 36.6 Å². The van der Waals surface area contributed by atoms with Gasteiger partial charge in [0.15, 0.2) is 0 Å². The largest absolute Gasteiger partial charge is 0.303 e. The monoisotopic (exact) mass is 279 g/mol. The molecule has 1 saturated heterocycles. The van der Waals surface area contributed by atoms with Gasteiger partial charge in [0, 0.05) is 0 Å². The number of hydrogen-bond donors (Lipinski definition) is 1. The van der Waals surface area contributed by atoms with Gasteiger partial charge >= 0.3 is 0 Å². The molecule has 0 saturated carbocycles. The lowest BCUT2D eigenvalue weighted by Gasteiger charge is -2.29. The normalized spacial score (nSPS) is 20.6. The van der Waals surface area contributed by atoms with E-state index < -0.39 is 0 Å². The average molecular weight is 279 g/mol. The third-order valence-electron chi connectivity index (χ3n) is 4.56. The van der Waals surface area contributed by atoms with Gasteiger partial charge in [-0.1, -0.05) is 33.1 Å². The van der Waals surface area contributed by atoms with Crippen LogP contribution in [0.5, 0.6) is 0 Å². The summed E-state index contributed by atoms with van der Waals surface area (Å²) in [6, 6.07) is 2.53. The molecule has 0 aromatic rings. The molecule has 0 amide bonds. The summed E-state index contributed by atoms with van der Waals surface area (Å²) in [7, 11) is 0. The predicted molar refractivity (Wildman–Crippen MR) is 85.7 cm³/mol. The molecule has 0 radical (unpaired) electrons. The zero-order valence-corrected chi connectivity index (χ0v) is 13.6. The number of nitriles is 1. The molecule has 0 spiro atoms. The molecule has 0 aromatic heterocycles. The second-order valence-electron chi connectivity index (χ2n) is 6.19. The van der Waals surface area contributed by atoms with Gasteiger partial charge in [0.25, 0.3) is 0 Å². The van der Waals surface area contributed by atoms with Crippen LogP contribution < -0.4 is 5.32 Å². The minimum atomic E-state index is -0.293. The van der Waals surface area contributed by atoms with Gasteiger partial charge in [-0.15, -0.1) is 0 Å². The molecule has 1 aliphatic rings. The highest BCUT2D eigenvalue weighted by Crippen LogP contribution is 2.18. The molecule has 0 bridgehead atoms. The maximum atomic E-state index is 9.50. The smallest absolute Gasteiger partial charge is 0.106 e. The van der Waals surface area contributed by atoms with Crippen molar-refractivity contribution >= 4 is 0 Å². The highest BCUT2D eigenvalue weighted by atomic mass is 15.1. The van der Waals surface area contributed by atoms with E-state index in [9.17, 15) is 5.26 Å². The van der Waals surface area contributed by atoms with Crippen molar-refractivity contribution in [2.75, 3.05) is 26.2 Å². The lowest BCUT2D eigenvalue weighted by atomic mass is 9.91. The van der Waals surface area contributed by atoms with Gasteiger partial charge in [-0.2, -0.15) is 5.26 Å². The molecule has 1 unspecified atom stereocenters. The van der Waals surface area contributed by atoms with Crippen LogP contribution in [0.25, 0.3) is 0 Å². The Labute approximate surface area is 125 Å². The molecule has 0 aromatic carbocycles. The molecule has 20 heavy (non-hydrogen) atoms. The number of nitrogens with one attached hydrogen (secondary N) is 1. The third-order valence-corrected chi connectivity index (χ3v) is 4.56. The van der Waals surface area contributed by atoms with Crippen molar-refractivity contribution < 1.29 is 0 Å². The van der Waals surface area contributed by atoms with Crippen molar-refractivity contribution in [3.8, 4) is 6.07 Å². The van der Waals surface area contributed by atoms with E-state index in [0.29, 0.717) is 0 Å². The molecule has 1 rings (SSSR count). The van der Waals surface area contributed by atoms with Gasteiger partial charge in [-0.25, -0.2) is 0 Å². The second kappa shape index (κ2) is 10.2. The summed E-state index contributed by atoms with van der Waals surface area (Å²) < 4.78 is 0. The van der Waals surface area contributed by atoms with Gasteiger partial charge < -0.3 is 4.90 Å². The van der Waals surface area contributed by atoms with Gasteiger partial charge in [-0.3, -0.25) is 5.32 Å². The fraction of sp³-hybridized carbons (Fsp3) is 0.941. The molecule has 1 fully saturated rings. The summed E-state index contributed by atoms with van der Waals surface area (Å²) in [6.45, 7) is 8.91. The molecule has 1 aliphatic heterocycles. The van der Waals surface area contributed by atoms with Crippen LogP contribution in [0.15, 0.2) is 0 Å². The van der Waals surface area contributed by atoms with Crippen LogP contribution in [0.3, 0.4) is 0 Å². The zero-order chi connectivity index (χ0) is 14.7. The predicted octanol–water partition coefficient (Wildman–Crippen LogP) is 3.70. The lowest BCUT2D eigenvalue weighted by molar-refractivity contribution is 0.232. The first kappa shape index (κ1) is 17.5.